The number of nitrogens with zero attached hydrogens (tertiary/aromatic N) is 1. The Bertz CT molecular complexity index is 489. The van der Waals surface area contributed by atoms with Crippen LogP contribution in [0, 0.1) is 0 Å². The maximum atomic E-state index is 6.13. The number of aromatic nitrogens is 1. The van der Waals surface area contributed by atoms with E-state index in [1.807, 2.05) is 30.5 Å². The molecule has 1 nitrogen and oxygen atoms in total. The van der Waals surface area contributed by atoms with Crippen LogP contribution in [-0.4, -0.2) is 4.98 Å². The quantitative estimate of drug-likeness (QED) is 0.779. The molecule has 0 unspecified atom stereocenters. The topological polar surface area (TPSA) is 12.9 Å². The van der Waals surface area contributed by atoms with E-state index >= 15 is 0 Å². The minimum atomic E-state index is 0.525. The molecular weight excluding hydrogens is 230 g/mol. The van der Waals surface area contributed by atoms with Crippen molar-refractivity contribution in [3.63, 3.8) is 0 Å². The van der Waals surface area contributed by atoms with Gasteiger partial charge in [-0.3, -0.25) is 4.98 Å². The molecule has 0 saturated heterocycles. The van der Waals surface area contributed by atoms with E-state index in [2.05, 4.69) is 31.0 Å². The summed E-state index contributed by atoms with van der Waals surface area (Å²) in [4.78, 5) is 4.48. The van der Waals surface area contributed by atoms with Crippen molar-refractivity contribution in [2.45, 2.75) is 26.2 Å². The van der Waals surface area contributed by atoms with Crippen LogP contribution in [0.3, 0.4) is 0 Å². The molecule has 1 heterocycles. The molecule has 0 spiro atoms. The fraction of sp³-hybridized carbons (Fsp3) is 0.267. The van der Waals surface area contributed by atoms with Gasteiger partial charge in [-0.15, -0.1) is 0 Å². The summed E-state index contributed by atoms with van der Waals surface area (Å²) in [6.45, 7) is 4.34. The Labute approximate surface area is 107 Å². The van der Waals surface area contributed by atoms with Gasteiger partial charge in [-0.1, -0.05) is 49.7 Å². The molecule has 0 bridgehead atoms. The van der Waals surface area contributed by atoms with Gasteiger partial charge in [0, 0.05) is 23.3 Å². The number of hydrogen-bond acceptors (Lipinski definition) is 1. The molecule has 0 amide bonds. The molecule has 2 aromatic rings. The van der Waals surface area contributed by atoms with Gasteiger partial charge >= 0.3 is 0 Å². The predicted octanol–water partition coefficient (Wildman–Crippen LogP) is 4.45. The van der Waals surface area contributed by atoms with E-state index in [0.717, 1.165) is 22.7 Å². The molecule has 0 aliphatic heterocycles. The van der Waals surface area contributed by atoms with Crippen molar-refractivity contribution in [1.29, 1.82) is 0 Å². The number of benzene rings is 1. The van der Waals surface area contributed by atoms with Crippen molar-refractivity contribution in [3.8, 4) is 0 Å². The van der Waals surface area contributed by atoms with Crippen LogP contribution in [-0.2, 0) is 6.42 Å². The SMILES string of the molecule is CC(C)c1ccc(Cc2ccccc2Cl)nc1. The molecule has 2 heteroatoms. The Hall–Kier alpha value is -1.34. The minimum absolute atomic E-state index is 0.525. The van der Waals surface area contributed by atoms with E-state index in [0.29, 0.717) is 5.92 Å². The molecule has 0 aliphatic rings. The molecule has 0 saturated carbocycles. The second-order valence-electron chi connectivity index (χ2n) is 4.51. The molecule has 17 heavy (non-hydrogen) atoms. The van der Waals surface area contributed by atoms with Crippen LogP contribution in [0.15, 0.2) is 42.6 Å². The molecule has 0 N–H and O–H groups in total. The third kappa shape index (κ3) is 3.07. The molecule has 0 radical (unpaired) electrons. The lowest BCUT2D eigenvalue weighted by Crippen LogP contribution is -1.95. The maximum absolute atomic E-state index is 6.13. The minimum Gasteiger partial charge on any atom is -0.261 e. The smallest absolute Gasteiger partial charge is 0.0448 e. The van der Waals surface area contributed by atoms with Crippen LogP contribution in [0.25, 0.3) is 0 Å². The lowest BCUT2D eigenvalue weighted by Gasteiger charge is -2.07. The Morgan fingerprint density at radius 1 is 1.12 bits per heavy atom. The lowest BCUT2D eigenvalue weighted by atomic mass is 10.0. The van der Waals surface area contributed by atoms with Crippen LogP contribution in [0.1, 0.15) is 36.6 Å². The van der Waals surface area contributed by atoms with Gasteiger partial charge in [-0.05, 0) is 29.2 Å². The summed E-state index contributed by atoms with van der Waals surface area (Å²) in [5, 5.41) is 0.808. The zero-order valence-corrected chi connectivity index (χ0v) is 10.9. The van der Waals surface area contributed by atoms with Crippen molar-refractivity contribution < 1.29 is 0 Å². The van der Waals surface area contributed by atoms with Gasteiger partial charge < -0.3 is 0 Å². The average Bonchev–Trinajstić information content (AvgIpc) is 2.33. The Balaban J connectivity index is 2.17. The van der Waals surface area contributed by atoms with Crippen molar-refractivity contribution in [3.05, 3.63) is 64.4 Å². The molecule has 0 aliphatic carbocycles. The monoisotopic (exact) mass is 245 g/mol. The maximum Gasteiger partial charge on any atom is 0.0448 e. The first-order valence-corrected chi connectivity index (χ1v) is 6.23. The molecule has 1 aromatic heterocycles. The second-order valence-corrected chi connectivity index (χ2v) is 4.91. The predicted molar refractivity (Wildman–Crippen MR) is 72.6 cm³/mol. The summed E-state index contributed by atoms with van der Waals surface area (Å²) >= 11 is 6.13. The zero-order valence-electron chi connectivity index (χ0n) is 10.2. The highest BCUT2D eigenvalue weighted by Crippen LogP contribution is 2.19. The summed E-state index contributed by atoms with van der Waals surface area (Å²) in [5.41, 5.74) is 3.45. The highest BCUT2D eigenvalue weighted by atomic mass is 35.5. The standard InChI is InChI=1S/C15H16ClN/c1-11(2)13-7-8-14(17-10-13)9-12-5-3-4-6-15(12)16/h3-8,10-11H,9H2,1-2H3. The van der Waals surface area contributed by atoms with Crippen LogP contribution in [0.5, 0.6) is 0 Å². The van der Waals surface area contributed by atoms with Gasteiger partial charge in [0.05, 0.1) is 0 Å². The van der Waals surface area contributed by atoms with Gasteiger partial charge in [0.2, 0.25) is 0 Å². The summed E-state index contributed by atoms with van der Waals surface area (Å²) in [7, 11) is 0. The highest BCUT2D eigenvalue weighted by Gasteiger charge is 2.03. The van der Waals surface area contributed by atoms with Gasteiger partial charge in [-0.25, -0.2) is 0 Å². The number of hydrogen-bond donors (Lipinski definition) is 0. The third-order valence-electron chi connectivity index (χ3n) is 2.84. The van der Waals surface area contributed by atoms with Crippen LogP contribution >= 0.6 is 11.6 Å². The fourth-order valence-electron chi connectivity index (χ4n) is 1.72. The molecule has 88 valence electrons. The highest BCUT2D eigenvalue weighted by molar-refractivity contribution is 6.31. The molecule has 0 atom stereocenters. The zero-order chi connectivity index (χ0) is 12.3. The van der Waals surface area contributed by atoms with Gasteiger partial charge in [0.15, 0.2) is 0 Å². The third-order valence-corrected chi connectivity index (χ3v) is 3.21. The Morgan fingerprint density at radius 2 is 1.88 bits per heavy atom. The van der Waals surface area contributed by atoms with Gasteiger partial charge in [0.25, 0.3) is 0 Å². The summed E-state index contributed by atoms with van der Waals surface area (Å²) in [5.74, 6) is 0.525. The van der Waals surface area contributed by atoms with Crippen LogP contribution < -0.4 is 0 Å². The van der Waals surface area contributed by atoms with E-state index < -0.39 is 0 Å². The Morgan fingerprint density at radius 3 is 2.47 bits per heavy atom. The Kier molecular flexibility index (Phi) is 3.80. The first kappa shape index (κ1) is 12.1. The number of rotatable bonds is 3. The van der Waals surface area contributed by atoms with Crippen LogP contribution in [0.4, 0.5) is 0 Å². The molecule has 0 fully saturated rings. The summed E-state index contributed by atoms with van der Waals surface area (Å²) < 4.78 is 0. The average molecular weight is 246 g/mol. The number of pyridine rings is 1. The van der Waals surface area contributed by atoms with Gasteiger partial charge in [-0.2, -0.15) is 0 Å². The fourth-order valence-corrected chi connectivity index (χ4v) is 1.92. The molecule has 2 rings (SSSR count). The molecular formula is C15H16ClN. The van der Waals surface area contributed by atoms with Crippen molar-refractivity contribution in [1.82, 2.24) is 4.98 Å². The second kappa shape index (κ2) is 5.33. The van der Waals surface area contributed by atoms with Crippen molar-refractivity contribution in [2.24, 2.45) is 0 Å². The van der Waals surface area contributed by atoms with E-state index in [9.17, 15) is 0 Å². The molecule has 1 aromatic carbocycles. The largest absolute Gasteiger partial charge is 0.261 e. The lowest BCUT2D eigenvalue weighted by molar-refractivity contribution is 0.852. The first-order chi connectivity index (χ1) is 8.16. The van der Waals surface area contributed by atoms with Gasteiger partial charge in [0.1, 0.15) is 0 Å². The van der Waals surface area contributed by atoms with E-state index in [-0.39, 0.29) is 0 Å². The van der Waals surface area contributed by atoms with E-state index in [1.165, 1.54) is 5.56 Å². The normalized spacial score (nSPS) is 10.8. The van der Waals surface area contributed by atoms with E-state index in [4.69, 9.17) is 11.6 Å². The van der Waals surface area contributed by atoms with Crippen molar-refractivity contribution >= 4 is 11.6 Å². The van der Waals surface area contributed by atoms with Crippen molar-refractivity contribution in [2.75, 3.05) is 0 Å². The summed E-state index contributed by atoms with van der Waals surface area (Å²) in [6.07, 6.45) is 2.74. The first-order valence-electron chi connectivity index (χ1n) is 5.85. The van der Waals surface area contributed by atoms with E-state index in [1.54, 1.807) is 0 Å². The number of halogens is 1. The summed E-state index contributed by atoms with van der Waals surface area (Å²) in [6, 6.07) is 12.1. The van der Waals surface area contributed by atoms with Crippen LogP contribution in [0.2, 0.25) is 5.02 Å².